The zero-order chi connectivity index (χ0) is 68.2. The van der Waals surface area contributed by atoms with Crippen molar-refractivity contribution in [1.82, 2.24) is 5.32 Å². The summed E-state index contributed by atoms with van der Waals surface area (Å²) in [6.45, 7) is 1.69. The molecule has 3 aliphatic rings. The van der Waals surface area contributed by atoms with E-state index in [1.807, 2.05) is 6.08 Å². The van der Waals surface area contributed by atoms with E-state index in [0.717, 1.165) is 38.5 Å². The normalized spacial score (nSPS) is 27.5. The van der Waals surface area contributed by atoms with Gasteiger partial charge in [0.1, 0.15) is 73.2 Å². The molecule has 12 N–H and O–H groups in total. The van der Waals surface area contributed by atoms with Gasteiger partial charge in [0.05, 0.1) is 38.6 Å². The van der Waals surface area contributed by atoms with Gasteiger partial charge in [-0.1, -0.05) is 275 Å². The largest absolute Gasteiger partial charge is 0.394 e. The van der Waals surface area contributed by atoms with Gasteiger partial charge in [-0.05, 0) is 57.8 Å². The van der Waals surface area contributed by atoms with E-state index in [0.29, 0.717) is 12.8 Å². The standard InChI is InChI=1S/C75H139NO18/c1-3-5-7-9-11-13-15-16-17-18-19-20-21-22-23-24-25-26-27-28-29-30-31-32-33-34-35-36-37-38-39-40-41-42-43-45-47-49-51-53-63(81)76-58(59(80)52-50-48-46-44-14-12-10-8-6-4-2)57-89-73-69(87)66(84)71(61(55-78)91-73)94-75-70(88)67(85)72(62(56-79)92-75)93-74-68(86)65(83)64(82)60(54-77)90-74/h14,18-19,44,50,52,58-62,64-75,77-80,82-88H,3-13,15-17,20-43,45-49,51,53-57H2,1-2H3,(H,76,81)/b19-18-,44-14+,52-50+. The Kier molecular flexibility index (Phi) is 52.0. The van der Waals surface area contributed by atoms with Crippen LogP contribution in [0.5, 0.6) is 0 Å². The molecule has 3 saturated heterocycles. The number of nitrogens with one attached hydrogen (secondary N) is 1. The Balaban J connectivity index is 1.26. The maximum absolute atomic E-state index is 13.4. The summed E-state index contributed by atoms with van der Waals surface area (Å²) in [6, 6.07) is -0.986. The van der Waals surface area contributed by atoms with E-state index in [9.17, 15) is 61.0 Å². The van der Waals surface area contributed by atoms with E-state index in [-0.39, 0.29) is 18.9 Å². The van der Waals surface area contributed by atoms with Crippen molar-refractivity contribution in [1.29, 1.82) is 0 Å². The number of amides is 1. The van der Waals surface area contributed by atoms with E-state index in [4.69, 9.17) is 28.4 Å². The van der Waals surface area contributed by atoms with Crippen LogP contribution in [0.15, 0.2) is 36.5 Å². The van der Waals surface area contributed by atoms with Gasteiger partial charge in [0.2, 0.25) is 5.91 Å². The summed E-state index contributed by atoms with van der Waals surface area (Å²) in [4.78, 5) is 13.4. The molecular formula is C75H139NO18. The molecule has 0 spiro atoms. The van der Waals surface area contributed by atoms with Crippen molar-refractivity contribution in [2.24, 2.45) is 0 Å². The van der Waals surface area contributed by atoms with Crippen LogP contribution in [0.25, 0.3) is 0 Å². The van der Waals surface area contributed by atoms with Crippen molar-refractivity contribution in [2.45, 2.75) is 407 Å². The summed E-state index contributed by atoms with van der Waals surface area (Å²) in [6.07, 6.45) is 42.0. The van der Waals surface area contributed by atoms with Crippen molar-refractivity contribution in [3.8, 4) is 0 Å². The Labute approximate surface area is 568 Å². The van der Waals surface area contributed by atoms with Gasteiger partial charge in [0.15, 0.2) is 18.9 Å². The van der Waals surface area contributed by atoms with Gasteiger partial charge < -0.3 is 89.9 Å². The van der Waals surface area contributed by atoms with E-state index in [1.54, 1.807) is 6.08 Å². The number of hydrogen-bond acceptors (Lipinski definition) is 18. The Morgan fingerprint density at radius 1 is 0.372 bits per heavy atom. The minimum atomic E-state index is -1.98. The van der Waals surface area contributed by atoms with Crippen LogP contribution in [0.2, 0.25) is 0 Å². The first-order valence-electron chi connectivity index (χ1n) is 38.2. The van der Waals surface area contributed by atoms with Crippen molar-refractivity contribution in [3.63, 3.8) is 0 Å². The summed E-state index contributed by atoms with van der Waals surface area (Å²) < 4.78 is 34.3. The molecular weight excluding hydrogens is 1200 g/mol. The average Bonchev–Trinajstić information content (AvgIpc) is 0.787. The second kappa shape index (κ2) is 56.7. The molecule has 94 heavy (non-hydrogen) atoms. The van der Waals surface area contributed by atoms with Crippen LogP contribution in [-0.2, 0) is 33.2 Å². The minimum Gasteiger partial charge on any atom is -0.394 e. The predicted octanol–water partition coefficient (Wildman–Crippen LogP) is 11.6. The zero-order valence-corrected chi connectivity index (χ0v) is 58.7. The summed E-state index contributed by atoms with van der Waals surface area (Å²) in [5.41, 5.74) is 0. The molecule has 0 bridgehead atoms. The van der Waals surface area contributed by atoms with Gasteiger partial charge in [-0.3, -0.25) is 4.79 Å². The van der Waals surface area contributed by atoms with Crippen LogP contribution in [0.1, 0.15) is 303 Å². The van der Waals surface area contributed by atoms with E-state index < -0.39 is 124 Å². The fourth-order valence-corrected chi connectivity index (χ4v) is 13.0. The van der Waals surface area contributed by atoms with Crippen molar-refractivity contribution in [3.05, 3.63) is 36.5 Å². The van der Waals surface area contributed by atoms with Crippen LogP contribution in [-0.4, -0.2) is 193 Å². The molecule has 3 fully saturated rings. The van der Waals surface area contributed by atoms with Crippen molar-refractivity contribution >= 4 is 5.91 Å². The van der Waals surface area contributed by atoms with E-state index >= 15 is 0 Å². The molecule has 19 nitrogen and oxygen atoms in total. The monoisotopic (exact) mass is 1340 g/mol. The topological polar surface area (TPSA) is 307 Å². The van der Waals surface area contributed by atoms with Crippen molar-refractivity contribution in [2.75, 3.05) is 26.4 Å². The molecule has 17 atom stereocenters. The molecule has 552 valence electrons. The van der Waals surface area contributed by atoms with Gasteiger partial charge >= 0.3 is 0 Å². The lowest BCUT2D eigenvalue weighted by Gasteiger charge is -2.48. The predicted molar refractivity (Wildman–Crippen MR) is 369 cm³/mol. The van der Waals surface area contributed by atoms with Crippen LogP contribution in [0.4, 0.5) is 0 Å². The Morgan fingerprint density at radius 3 is 1.07 bits per heavy atom. The summed E-state index contributed by atoms with van der Waals surface area (Å²) >= 11 is 0. The fraction of sp³-hybridized carbons (Fsp3) is 0.907. The molecule has 0 radical (unpaired) electrons. The molecule has 1 amide bonds. The number of rotatable bonds is 60. The Bertz CT molecular complexity index is 1840. The molecule has 3 rings (SSSR count). The number of unbranched alkanes of at least 4 members (excludes halogenated alkanes) is 40. The number of carbonyl (C=O) groups is 1. The fourth-order valence-electron chi connectivity index (χ4n) is 13.0. The third-order valence-corrected chi connectivity index (χ3v) is 19.2. The molecule has 0 aromatic carbocycles. The first-order chi connectivity index (χ1) is 45.8. The van der Waals surface area contributed by atoms with Crippen LogP contribution in [0.3, 0.4) is 0 Å². The maximum Gasteiger partial charge on any atom is 0.220 e. The third-order valence-electron chi connectivity index (χ3n) is 19.2. The molecule has 17 unspecified atom stereocenters. The average molecular weight is 1340 g/mol. The number of ether oxygens (including phenoxy) is 6. The second-order valence-corrected chi connectivity index (χ2v) is 27.5. The lowest BCUT2D eigenvalue weighted by atomic mass is 9.96. The van der Waals surface area contributed by atoms with Gasteiger partial charge in [-0.25, -0.2) is 0 Å². The first kappa shape index (κ1) is 86.2. The van der Waals surface area contributed by atoms with Gasteiger partial charge in [0.25, 0.3) is 0 Å². The summed E-state index contributed by atoms with van der Waals surface area (Å²) in [7, 11) is 0. The highest BCUT2D eigenvalue weighted by atomic mass is 16.8. The van der Waals surface area contributed by atoms with Gasteiger partial charge in [-0.2, -0.15) is 0 Å². The SMILES string of the molecule is CCCCCC/C=C/CC/C=C/C(O)C(COC1OC(CO)C(OC2OC(CO)C(OC3OC(CO)C(O)C(O)C3O)C(O)C2O)C(O)C1O)NC(=O)CCCCCCCCCCCCCCCCCCCCCCCCCCCCC/C=C\CCCCCCCCCC. The first-order valence-corrected chi connectivity index (χ1v) is 38.2. The number of aliphatic hydroxyl groups excluding tert-OH is 11. The highest BCUT2D eigenvalue weighted by Crippen LogP contribution is 2.33. The second-order valence-electron chi connectivity index (χ2n) is 27.5. The lowest BCUT2D eigenvalue weighted by Crippen LogP contribution is -2.66. The minimum absolute atomic E-state index is 0.239. The van der Waals surface area contributed by atoms with Gasteiger partial charge in [-0.15, -0.1) is 0 Å². The van der Waals surface area contributed by atoms with E-state index in [2.05, 4.69) is 43.5 Å². The third kappa shape index (κ3) is 37.4. The summed E-state index contributed by atoms with van der Waals surface area (Å²) in [5, 5.41) is 120. The molecule has 0 aliphatic carbocycles. The lowest BCUT2D eigenvalue weighted by molar-refractivity contribution is -0.379. The Morgan fingerprint density at radius 2 is 0.681 bits per heavy atom. The number of aliphatic hydroxyl groups is 11. The molecule has 0 aromatic rings. The van der Waals surface area contributed by atoms with Crippen LogP contribution in [0, 0.1) is 0 Å². The maximum atomic E-state index is 13.4. The quantitative estimate of drug-likeness (QED) is 0.0199. The number of carbonyl (C=O) groups excluding carboxylic acids is 1. The number of allylic oxidation sites excluding steroid dienone is 5. The Hall–Kier alpha value is -1.99. The zero-order valence-electron chi connectivity index (χ0n) is 58.7. The molecule has 3 aliphatic heterocycles. The highest BCUT2D eigenvalue weighted by Gasteiger charge is 2.53. The number of hydrogen-bond donors (Lipinski definition) is 12. The van der Waals surface area contributed by atoms with Gasteiger partial charge in [0, 0.05) is 6.42 Å². The molecule has 0 aromatic heterocycles. The van der Waals surface area contributed by atoms with E-state index in [1.165, 1.54) is 231 Å². The summed E-state index contributed by atoms with van der Waals surface area (Å²) in [5.74, 6) is -0.283. The molecule has 0 saturated carbocycles. The van der Waals surface area contributed by atoms with Crippen molar-refractivity contribution < 1.29 is 89.4 Å². The highest BCUT2D eigenvalue weighted by molar-refractivity contribution is 5.76. The van der Waals surface area contributed by atoms with Crippen LogP contribution >= 0.6 is 0 Å². The van der Waals surface area contributed by atoms with Crippen LogP contribution < -0.4 is 5.32 Å². The molecule has 3 heterocycles. The molecule has 19 heteroatoms. The smallest absolute Gasteiger partial charge is 0.220 e.